The lowest BCUT2D eigenvalue weighted by Crippen LogP contribution is -2.42. The summed E-state index contributed by atoms with van der Waals surface area (Å²) in [5, 5.41) is 1.82. The molecule has 1 aliphatic heterocycles. The predicted molar refractivity (Wildman–Crippen MR) is 99.7 cm³/mol. The molecule has 0 unspecified atom stereocenters. The van der Waals surface area contributed by atoms with Crippen molar-refractivity contribution in [3.63, 3.8) is 0 Å². The van der Waals surface area contributed by atoms with Gasteiger partial charge in [-0.15, -0.1) is 0 Å². The summed E-state index contributed by atoms with van der Waals surface area (Å²) in [6.45, 7) is 1.27. The SMILES string of the molecule is C[C@H](OC(=O)c1cccc(CN2C(=O)c3ccccc3C2=O)c1)C(=O)NC(N)=O. The van der Waals surface area contributed by atoms with Crippen LogP contribution in [0.25, 0.3) is 0 Å². The van der Waals surface area contributed by atoms with Crippen molar-refractivity contribution in [2.45, 2.75) is 19.6 Å². The molecule has 0 bridgehead atoms. The van der Waals surface area contributed by atoms with Gasteiger partial charge >= 0.3 is 12.0 Å². The van der Waals surface area contributed by atoms with Crippen LogP contribution in [-0.4, -0.2) is 40.7 Å². The third kappa shape index (κ3) is 4.13. The second-order valence-corrected chi connectivity index (χ2v) is 6.34. The molecule has 0 aliphatic carbocycles. The molecule has 3 N–H and O–H groups in total. The minimum atomic E-state index is -1.24. The molecule has 9 heteroatoms. The molecule has 0 radical (unpaired) electrons. The summed E-state index contributed by atoms with van der Waals surface area (Å²) >= 11 is 0. The van der Waals surface area contributed by atoms with Crippen LogP contribution in [0.15, 0.2) is 48.5 Å². The highest BCUT2D eigenvalue weighted by Gasteiger charge is 2.35. The lowest BCUT2D eigenvalue weighted by Gasteiger charge is -2.15. The van der Waals surface area contributed by atoms with Crippen LogP contribution in [0.3, 0.4) is 0 Å². The van der Waals surface area contributed by atoms with Gasteiger partial charge in [-0.2, -0.15) is 0 Å². The molecule has 148 valence electrons. The molecule has 0 fully saturated rings. The number of carbonyl (C=O) groups excluding carboxylic acids is 5. The van der Waals surface area contributed by atoms with Gasteiger partial charge in [-0.05, 0) is 36.8 Å². The van der Waals surface area contributed by atoms with Crippen LogP contribution < -0.4 is 11.1 Å². The Balaban J connectivity index is 1.71. The van der Waals surface area contributed by atoms with E-state index in [0.717, 1.165) is 4.90 Å². The molecule has 1 aliphatic rings. The standard InChI is InChI=1S/C20H17N3O6/c1-11(16(24)22-20(21)28)29-19(27)13-6-4-5-12(9-13)10-23-17(25)14-7-2-3-8-15(14)18(23)26/h2-9,11H,10H2,1H3,(H3,21,22,24,28)/t11-/m0/s1. The van der Waals surface area contributed by atoms with E-state index in [0.29, 0.717) is 16.7 Å². The Hall–Kier alpha value is -4.01. The van der Waals surface area contributed by atoms with E-state index < -0.39 is 35.8 Å². The lowest BCUT2D eigenvalue weighted by atomic mass is 10.1. The molecule has 1 atom stereocenters. The summed E-state index contributed by atoms with van der Waals surface area (Å²) in [7, 11) is 0. The Morgan fingerprint density at radius 2 is 1.66 bits per heavy atom. The minimum absolute atomic E-state index is 0.0226. The van der Waals surface area contributed by atoms with E-state index in [2.05, 4.69) is 0 Å². The second-order valence-electron chi connectivity index (χ2n) is 6.34. The maximum absolute atomic E-state index is 12.5. The van der Waals surface area contributed by atoms with Gasteiger partial charge in [-0.3, -0.25) is 24.6 Å². The first kappa shape index (κ1) is 19.7. The van der Waals surface area contributed by atoms with E-state index in [9.17, 15) is 24.0 Å². The topological polar surface area (TPSA) is 136 Å². The van der Waals surface area contributed by atoms with Crippen LogP contribution in [0, 0.1) is 0 Å². The van der Waals surface area contributed by atoms with Crippen LogP contribution in [0.4, 0.5) is 4.79 Å². The number of ether oxygens (including phenoxy) is 1. The van der Waals surface area contributed by atoms with Crippen molar-refractivity contribution in [1.82, 2.24) is 10.2 Å². The van der Waals surface area contributed by atoms with Gasteiger partial charge in [0.25, 0.3) is 17.7 Å². The molecule has 5 amide bonds. The van der Waals surface area contributed by atoms with Crippen molar-refractivity contribution in [3.05, 3.63) is 70.8 Å². The number of carbonyl (C=O) groups is 5. The maximum atomic E-state index is 12.5. The van der Waals surface area contributed by atoms with Crippen LogP contribution in [-0.2, 0) is 16.1 Å². The summed E-state index contributed by atoms with van der Waals surface area (Å²) in [6, 6.07) is 11.6. The van der Waals surface area contributed by atoms with Gasteiger partial charge in [0.1, 0.15) is 0 Å². The molecular weight excluding hydrogens is 378 g/mol. The number of urea groups is 1. The Kier molecular flexibility index (Phi) is 5.40. The average Bonchev–Trinajstić information content (AvgIpc) is 2.93. The highest BCUT2D eigenvalue weighted by Crippen LogP contribution is 2.24. The predicted octanol–water partition coefficient (Wildman–Crippen LogP) is 1.22. The second kappa shape index (κ2) is 7.93. The molecule has 0 saturated carbocycles. The number of benzene rings is 2. The molecule has 1 heterocycles. The molecular formula is C20H17N3O6. The Labute approximate surface area is 165 Å². The molecule has 3 rings (SSSR count). The number of nitrogens with zero attached hydrogens (tertiary/aromatic N) is 1. The number of primary amides is 1. The minimum Gasteiger partial charge on any atom is -0.449 e. The monoisotopic (exact) mass is 395 g/mol. The third-order valence-corrected chi connectivity index (χ3v) is 4.28. The van der Waals surface area contributed by atoms with Crippen LogP contribution in [0.1, 0.15) is 43.6 Å². The number of nitrogens with two attached hydrogens (primary N) is 1. The lowest BCUT2D eigenvalue weighted by molar-refractivity contribution is -0.127. The zero-order chi connectivity index (χ0) is 21.1. The van der Waals surface area contributed by atoms with Gasteiger partial charge in [-0.1, -0.05) is 24.3 Å². The molecule has 2 aromatic carbocycles. The van der Waals surface area contributed by atoms with E-state index in [-0.39, 0.29) is 12.1 Å². The summed E-state index contributed by atoms with van der Waals surface area (Å²) in [4.78, 5) is 60.6. The molecule has 29 heavy (non-hydrogen) atoms. The van der Waals surface area contributed by atoms with Crippen molar-refractivity contribution in [2.75, 3.05) is 0 Å². The first-order chi connectivity index (χ1) is 13.8. The number of hydrogen-bond acceptors (Lipinski definition) is 6. The van der Waals surface area contributed by atoms with Gasteiger partial charge < -0.3 is 10.5 Å². The number of fused-ring (bicyclic) bond motifs is 1. The van der Waals surface area contributed by atoms with Crippen LogP contribution in [0.2, 0.25) is 0 Å². The van der Waals surface area contributed by atoms with Crippen LogP contribution >= 0.6 is 0 Å². The number of imide groups is 2. The zero-order valence-corrected chi connectivity index (χ0v) is 15.4. The Morgan fingerprint density at radius 3 is 2.24 bits per heavy atom. The summed E-state index contributed by atoms with van der Waals surface area (Å²) in [5.74, 6) is -2.47. The first-order valence-electron chi connectivity index (χ1n) is 8.63. The molecule has 9 nitrogen and oxygen atoms in total. The van der Waals surface area contributed by atoms with E-state index in [1.165, 1.54) is 19.1 Å². The number of esters is 1. The zero-order valence-electron chi connectivity index (χ0n) is 15.4. The van der Waals surface area contributed by atoms with Crippen molar-refractivity contribution >= 4 is 29.7 Å². The van der Waals surface area contributed by atoms with E-state index in [4.69, 9.17) is 10.5 Å². The smallest absolute Gasteiger partial charge is 0.338 e. The molecule has 2 aromatic rings. The van der Waals surface area contributed by atoms with E-state index in [1.807, 2.05) is 5.32 Å². The molecule has 0 saturated heterocycles. The van der Waals surface area contributed by atoms with Gasteiger partial charge in [0.2, 0.25) is 0 Å². The van der Waals surface area contributed by atoms with Crippen molar-refractivity contribution < 1.29 is 28.7 Å². The quantitative estimate of drug-likeness (QED) is 0.577. The van der Waals surface area contributed by atoms with Gasteiger partial charge in [0.05, 0.1) is 23.2 Å². The first-order valence-corrected chi connectivity index (χ1v) is 8.63. The van der Waals surface area contributed by atoms with Crippen molar-refractivity contribution in [2.24, 2.45) is 5.73 Å². The fraction of sp³-hybridized carbons (Fsp3) is 0.150. The number of rotatable bonds is 5. The van der Waals surface area contributed by atoms with E-state index in [1.54, 1.807) is 36.4 Å². The van der Waals surface area contributed by atoms with Gasteiger partial charge in [-0.25, -0.2) is 9.59 Å². The summed E-state index contributed by atoms with van der Waals surface area (Å²) < 4.78 is 5.01. The normalized spacial score (nSPS) is 13.6. The molecule has 0 aromatic heterocycles. The number of amides is 5. The van der Waals surface area contributed by atoms with Crippen LogP contribution in [0.5, 0.6) is 0 Å². The van der Waals surface area contributed by atoms with E-state index >= 15 is 0 Å². The fourth-order valence-electron chi connectivity index (χ4n) is 2.87. The van der Waals surface area contributed by atoms with Gasteiger partial charge in [0.15, 0.2) is 6.10 Å². The highest BCUT2D eigenvalue weighted by molar-refractivity contribution is 6.21. The number of hydrogen-bond donors (Lipinski definition) is 2. The Bertz CT molecular complexity index is 997. The largest absolute Gasteiger partial charge is 0.449 e. The third-order valence-electron chi connectivity index (χ3n) is 4.28. The van der Waals surface area contributed by atoms with Gasteiger partial charge in [0, 0.05) is 0 Å². The summed E-state index contributed by atoms with van der Waals surface area (Å²) in [6.07, 6.45) is -1.24. The molecule has 0 spiro atoms. The van der Waals surface area contributed by atoms with Crippen molar-refractivity contribution in [1.29, 1.82) is 0 Å². The van der Waals surface area contributed by atoms with Crippen molar-refractivity contribution in [3.8, 4) is 0 Å². The summed E-state index contributed by atoms with van der Waals surface area (Å²) in [5.41, 5.74) is 6.18. The highest BCUT2D eigenvalue weighted by atomic mass is 16.5. The Morgan fingerprint density at radius 1 is 1.03 bits per heavy atom. The fourth-order valence-corrected chi connectivity index (χ4v) is 2.87. The number of nitrogens with one attached hydrogen (secondary N) is 1. The maximum Gasteiger partial charge on any atom is 0.338 e. The average molecular weight is 395 g/mol.